The number of hydrogen-bond acceptors (Lipinski definition) is 4. The van der Waals surface area contributed by atoms with E-state index in [0.717, 1.165) is 44.3 Å². The predicted molar refractivity (Wildman–Crippen MR) is 233 cm³/mol. The van der Waals surface area contributed by atoms with Crippen LogP contribution in [-0.4, -0.2) is 9.97 Å². The van der Waals surface area contributed by atoms with E-state index in [0.29, 0.717) is 5.95 Å². The minimum absolute atomic E-state index is 0.252. The molecule has 0 unspecified atom stereocenters. The van der Waals surface area contributed by atoms with Crippen molar-refractivity contribution in [3.63, 3.8) is 0 Å². The maximum atomic E-state index is 5.63. The Kier molecular flexibility index (Phi) is 7.07. The molecule has 4 heteroatoms. The molecular weight excluding hydrogens is 687 g/mol. The van der Waals surface area contributed by atoms with Gasteiger partial charge >= 0.3 is 0 Å². The van der Waals surface area contributed by atoms with Gasteiger partial charge in [0.15, 0.2) is 0 Å². The first kappa shape index (κ1) is 31.9. The average Bonchev–Trinajstić information content (AvgIpc) is 3.74. The summed E-state index contributed by atoms with van der Waals surface area (Å²) in [6.45, 7) is 4.74. The van der Waals surface area contributed by atoms with Gasteiger partial charge in [-0.1, -0.05) is 166 Å². The molecule has 0 saturated carbocycles. The van der Waals surface area contributed by atoms with Gasteiger partial charge in [0.25, 0.3) is 0 Å². The number of benzene rings is 8. The van der Waals surface area contributed by atoms with Gasteiger partial charge in [-0.05, 0) is 57.5 Å². The first-order valence-corrected chi connectivity index (χ1v) is 19.7. The van der Waals surface area contributed by atoms with Crippen LogP contribution in [0, 0.1) is 0 Å². The Bertz CT molecular complexity index is 3130. The van der Waals surface area contributed by atoms with E-state index >= 15 is 0 Å². The van der Waals surface area contributed by atoms with Crippen molar-refractivity contribution in [2.45, 2.75) is 19.3 Å². The SMILES string of the molecule is CC1(C)c2ccccc2-c2ccc(N(c3nc(-c4ccccc4)c4ccc5ccccc5c4n3)c3cccc4c3sc3ccccc34)c(-c3ccccc3)c21. The van der Waals surface area contributed by atoms with E-state index in [9.17, 15) is 0 Å². The fourth-order valence-electron chi connectivity index (χ4n) is 8.97. The minimum Gasteiger partial charge on any atom is -0.277 e. The summed E-state index contributed by atoms with van der Waals surface area (Å²) in [5.41, 5.74) is 12.4. The van der Waals surface area contributed by atoms with Crippen LogP contribution in [-0.2, 0) is 5.41 Å². The monoisotopic (exact) mass is 721 g/mol. The largest absolute Gasteiger partial charge is 0.277 e. The standard InChI is InChI=1S/C51H35N3S/c1-51(2)41-25-13-11-22-36(41)38-30-31-42(45(46(38)51)33-17-5-3-6-18-33)54(43-26-15-24-39-37-23-12-14-27-44(37)55-49(39)43)50-52-47(34-19-7-4-8-20-34)40-29-28-32-16-9-10-21-35(32)48(40)53-50/h3-31H,1-2H3. The molecule has 0 fully saturated rings. The van der Waals surface area contributed by atoms with Crippen LogP contribution in [0.1, 0.15) is 25.0 Å². The summed E-state index contributed by atoms with van der Waals surface area (Å²) in [6, 6.07) is 63.3. The van der Waals surface area contributed by atoms with E-state index in [1.54, 1.807) is 0 Å². The zero-order valence-electron chi connectivity index (χ0n) is 30.5. The Morgan fingerprint density at radius 2 is 1.18 bits per heavy atom. The lowest BCUT2D eigenvalue weighted by Crippen LogP contribution is -2.20. The van der Waals surface area contributed by atoms with Crippen LogP contribution >= 0.6 is 11.3 Å². The van der Waals surface area contributed by atoms with Crippen LogP contribution < -0.4 is 4.90 Å². The van der Waals surface area contributed by atoms with Crippen LogP contribution in [0.3, 0.4) is 0 Å². The number of fused-ring (bicyclic) bond motifs is 9. The first-order valence-electron chi connectivity index (χ1n) is 18.8. The fraction of sp³-hybridized carbons (Fsp3) is 0.0588. The molecule has 0 spiro atoms. The lowest BCUT2D eigenvalue weighted by Gasteiger charge is -2.31. The Balaban J connectivity index is 1.31. The van der Waals surface area contributed by atoms with Gasteiger partial charge in [0.05, 0.1) is 27.3 Å². The highest BCUT2D eigenvalue weighted by Crippen LogP contribution is 2.56. The zero-order chi connectivity index (χ0) is 36.7. The molecule has 0 amide bonds. The second kappa shape index (κ2) is 12.2. The van der Waals surface area contributed by atoms with Crippen molar-refractivity contribution in [3.05, 3.63) is 187 Å². The molecule has 11 rings (SSSR count). The quantitative estimate of drug-likeness (QED) is 0.166. The molecular formula is C51H35N3S. The van der Waals surface area contributed by atoms with Crippen LogP contribution in [0.15, 0.2) is 176 Å². The summed E-state index contributed by atoms with van der Waals surface area (Å²) in [7, 11) is 0. The van der Waals surface area contributed by atoms with E-state index < -0.39 is 0 Å². The topological polar surface area (TPSA) is 29.0 Å². The molecule has 2 heterocycles. The molecule has 0 atom stereocenters. The molecule has 10 aromatic rings. The molecule has 2 aromatic heterocycles. The Morgan fingerprint density at radius 3 is 2.02 bits per heavy atom. The molecule has 0 aliphatic heterocycles. The van der Waals surface area contributed by atoms with Crippen molar-refractivity contribution in [1.82, 2.24) is 9.97 Å². The van der Waals surface area contributed by atoms with Crippen molar-refractivity contribution in [1.29, 1.82) is 0 Å². The molecule has 0 radical (unpaired) electrons. The lowest BCUT2D eigenvalue weighted by molar-refractivity contribution is 0.662. The summed E-state index contributed by atoms with van der Waals surface area (Å²) >= 11 is 1.83. The number of nitrogens with zero attached hydrogens (tertiary/aromatic N) is 3. The van der Waals surface area contributed by atoms with E-state index in [1.165, 1.54) is 53.6 Å². The van der Waals surface area contributed by atoms with Gasteiger partial charge in [-0.15, -0.1) is 11.3 Å². The minimum atomic E-state index is -0.252. The summed E-state index contributed by atoms with van der Waals surface area (Å²) in [5.74, 6) is 0.637. The highest BCUT2D eigenvalue weighted by Gasteiger charge is 2.39. The van der Waals surface area contributed by atoms with Gasteiger partial charge in [-0.25, -0.2) is 9.97 Å². The van der Waals surface area contributed by atoms with Crippen molar-refractivity contribution >= 4 is 70.5 Å². The Hall–Kier alpha value is -6.62. The summed E-state index contributed by atoms with van der Waals surface area (Å²) < 4.78 is 2.46. The van der Waals surface area contributed by atoms with Crippen LogP contribution in [0.5, 0.6) is 0 Å². The number of anilines is 3. The van der Waals surface area contributed by atoms with Crippen molar-refractivity contribution in [2.24, 2.45) is 0 Å². The third-order valence-electron chi connectivity index (χ3n) is 11.5. The molecule has 0 saturated heterocycles. The summed E-state index contributed by atoms with van der Waals surface area (Å²) in [6.07, 6.45) is 0. The maximum absolute atomic E-state index is 5.63. The summed E-state index contributed by atoms with van der Waals surface area (Å²) in [5, 5.41) is 5.78. The predicted octanol–water partition coefficient (Wildman–Crippen LogP) is 14.3. The highest BCUT2D eigenvalue weighted by atomic mass is 32.1. The van der Waals surface area contributed by atoms with Gasteiger partial charge < -0.3 is 0 Å². The van der Waals surface area contributed by atoms with Gasteiger partial charge in [-0.3, -0.25) is 4.90 Å². The van der Waals surface area contributed by atoms with E-state index in [-0.39, 0.29) is 5.41 Å². The molecule has 0 N–H and O–H groups in total. The molecule has 3 nitrogen and oxygen atoms in total. The molecule has 260 valence electrons. The van der Waals surface area contributed by atoms with E-state index in [4.69, 9.17) is 9.97 Å². The smallest absolute Gasteiger partial charge is 0.235 e. The Morgan fingerprint density at radius 1 is 0.491 bits per heavy atom. The zero-order valence-corrected chi connectivity index (χ0v) is 31.3. The van der Waals surface area contributed by atoms with E-state index in [2.05, 4.69) is 195 Å². The van der Waals surface area contributed by atoms with Crippen molar-refractivity contribution in [3.8, 4) is 33.5 Å². The second-order valence-corrected chi connectivity index (χ2v) is 16.0. The Labute approximate surface area is 323 Å². The first-order chi connectivity index (χ1) is 27.1. The van der Waals surface area contributed by atoms with Crippen molar-refractivity contribution in [2.75, 3.05) is 4.90 Å². The van der Waals surface area contributed by atoms with Crippen molar-refractivity contribution < 1.29 is 0 Å². The van der Waals surface area contributed by atoms with E-state index in [1.807, 2.05) is 11.3 Å². The van der Waals surface area contributed by atoms with Gasteiger partial charge in [-0.2, -0.15) is 0 Å². The molecule has 1 aliphatic rings. The van der Waals surface area contributed by atoms with Crippen LogP contribution in [0.25, 0.3) is 75.4 Å². The van der Waals surface area contributed by atoms with Crippen LogP contribution in [0.2, 0.25) is 0 Å². The molecule has 1 aliphatic carbocycles. The third-order valence-corrected chi connectivity index (χ3v) is 12.7. The highest BCUT2D eigenvalue weighted by molar-refractivity contribution is 7.26. The third kappa shape index (κ3) is 4.81. The number of thiophene rings is 1. The number of aromatic nitrogens is 2. The fourth-order valence-corrected chi connectivity index (χ4v) is 10.2. The van der Waals surface area contributed by atoms with Gasteiger partial charge in [0, 0.05) is 42.8 Å². The van der Waals surface area contributed by atoms with Crippen LogP contribution in [0.4, 0.5) is 17.3 Å². The van der Waals surface area contributed by atoms with Gasteiger partial charge in [0.1, 0.15) is 0 Å². The maximum Gasteiger partial charge on any atom is 0.235 e. The molecule has 55 heavy (non-hydrogen) atoms. The molecule has 0 bridgehead atoms. The normalized spacial score (nSPS) is 13.1. The molecule has 8 aromatic carbocycles. The average molecular weight is 722 g/mol. The number of hydrogen-bond donors (Lipinski definition) is 0. The summed E-state index contributed by atoms with van der Waals surface area (Å²) in [4.78, 5) is 13.6. The second-order valence-electron chi connectivity index (χ2n) is 14.9. The number of rotatable bonds is 5. The van der Waals surface area contributed by atoms with Gasteiger partial charge in [0.2, 0.25) is 5.95 Å². The lowest BCUT2D eigenvalue weighted by atomic mass is 9.78.